The van der Waals surface area contributed by atoms with Gasteiger partial charge in [-0.1, -0.05) is 25.3 Å². The van der Waals surface area contributed by atoms with Crippen molar-refractivity contribution in [3.63, 3.8) is 0 Å². The fourth-order valence-electron chi connectivity index (χ4n) is 4.19. The predicted molar refractivity (Wildman–Crippen MR) is 93.2 cm³/mol. The molecule has 1 saturated carbocycles. The lowest BCUT2D eigenvalue weighted by Crippen LogP contribution is -2.54. The van der Waals surface area contributed by atoms with Gasteiger partial charge < -0.3 is 5.11 Å². The third kappa shape index (κ3) is 5.00. The molecule has 4 nitrogen and oxygen atoms in total. The molecule has 128 valence electrons. The topological polar surface area (TPSA) is 39.6 Å². The van der Waals surface area contributed by atoms with Crippen LogP contribution in [0.3, 0.4) is 0 Å². The van der Waals surface area contributed by atoms with E-state index in [-0.39, 0.29) is 0 Å². The quantitative estimate of drug-likeness (QED) is 0.875. The zero-order chi connectivity index (χ0) is 15.9. The largest absolute Gasteiger partial charge is 0.396 e. The Bertz CT molecular complexity index is 447. The van der Waals surface area contributed by atoms with Crippen molar-refractivity contribution < 1.29 is 5.11 Å². The van der Waals surface area contributed by atoms with Gasteiger partial charge in [0.25, 0.3) is 0 Å². The first-order valence-corrected chi connectivity index (χ1v) is 9.32. The van der Waals surface area contributed by atoms with E-state index in [2.05, 4.69) is 26.9 Å². The maximum atomic E-state index is 9.46. The molecule has 1 aliphatic carbocycles. The third-order valence-corrected chi connectivity index (χ3v) is 5.48. The van der Waals surface area contributed by atoms with Crippen molar-refractivity contribution in [2.75, 3.05) is 32.8 Å². The molecule has 2 fully saturated rings. The third-order valence-electron chi connectivity index (χ3n) is 5.48. The average Bonchev–Trinajstić information content (AvgIpc) is 2.59. The Morgan fingerprint density at radius 2 is 2.00 bits per heavy atom. The number of hydrogen-bond donors (Lipinski definition) is 1. The van der Waals surface area contributed by atoms with Gasteiger partial charge in [-0.15, -0.1) is 0 Å². The van der Waals surface area contributed by atoms with Gasteiger partial charge in [0.2, 0.25) is 0 Å². The summed E-state index contributed by atoms with van der Waals surface area (Å²) >= 11 is 0. The van der Waals surface area contributed by atoms with Gasteiger partial charge in [-0.25, -0.2) is 0 Å². The molecule has 2 heterocycles. The molecule has 4 heteroatoms. The fraction of sp³-hybridized carbons (Fsp3) is 0.737. The van der Waals surface area contributed by atoms with Crippen LogP contribution in [-0.2, 0) is 6.54 Å². The number of piperazine rings is 1. The Labute approximate surface area is 140 Å². The van der Waals surface area contributed by atoms with Crippen LogP contribution in [0.25, 0.3) is 0 Å². The van der Waals surface area contributed by atoms with E-state index in [0.717, 1.165) is 44.2 Å². The van der Waals surface area contributed by atoms with Crippen LogP contribution in [0.1, 0.15) is 44.2 Å². The maximum absolute atomic E-state index is 9.46. The lowest BCUT2D eigenvalue weighted by molar-refractivity contribution is 0.0395. The van der Waals surface area contributed by atoms with Gasteiger partial charge in [-0.2, -0.15) is 0 Å². The number of nitrogens with zero attached hydrogens (tertiary/aromatic N) is 3. The van der Waals surface area contributed by atoms with Crippen LogP contribution >= 0.6 is 0 Å². The van der Waals surface area contributed by atoms with E-state index < -0.39 is 0 Å². The van der Waals surface area contributed by atoms with Crippen molar-refractivity contribution in [3.8, 4) is 0 Å². The molecule has 1 saturated heterocycles. The summed E-state index contributed by atoms with van der Waals surface area (Å²) in [7, 11) is 0. The Morgan fingerprint density at radius 3 is 2.74 bits per heavy atom. The van der Waals surface area contributed by atoms with E-state index in [9.17, 15) is 5.11 Å². The monoisotopic (exact) mass is 317 g/mol. The first-order chi connectivity index (χ1) is 11.3. The number of hydrogen-bond acceptors (Lipinski definition) is 4. The first kappa shape index (κ1) is 16.9. The van der Waals surface area contributed by atoms with Crippen LogP contribution < -0.4 is 0 Å². The van der Waals surface area contributed by atoms with Gasteiger partial charge in [0, 0.05) is 51.6 Å². The number of rotatable bonds is 6. The molecular formula is C19H31N3O. The van der Waals surface area contributed by atoms with Crippen LogP contribution in [0.4, 0.5) is 0 Å². The van der Waals surface area contributed by atoms with Crippen LogP contribution in [0.5, 0.6) is 0 Å². The van der Waals surface area contributed by atoms with Gasteiger partial charge in [0.05, 0.1) is 5.69 Å². The van der Waals surface area contributed by atoms with Gasteiger partial charge in [0.1, 0.15) is 0 Å². The Hall–Kier alpha value is -0.970. The Kier molecular flexibility index (Phi) is 6.43. The summed E-state index contributed by atoms with van der Waals surface area (Å²) in [6.07, 6.45) is 9.82. The van der Waals surface area contributed by atoms with E-state index in [4.69, 9.17) is 0 Å². The molecule has 0 amide bonds. The summed E-state index contributed by atoms with van der Waals surface area (Å²) in [4.78, 5) is 9.61. The van der Waals surface area contributed by atoms with Gasteiger partial charge >= 0.3 is 0 Å². The van der Waals surface area contributed by atoms with E-state index in [1.807, 2.05) is 12.3 Å². The normalized spacial score (nSPS) is 24.8. The van der Waals surface area contributed by atoms with Gasteiger partial charge in [-0.3, -0.25) is 14.8 Å². The van der Waals surface area contributed by atoms with E-state index >= 15 is 0 Å². The molecule has 0 bridgehead atoms. The highest BCUT2D eigenvalue weighted by molar-refractivity contribution is 5.03. The van der Waals surface area contributed by atoms with Crippen molar-refractivity contribution in [2.45, 2.75) is 51.1 Å². The summed E-state index contributed by atoms with van der Waals surface area (Å²) in [6.45, 7) is 5.77. The summed E-state index contributed by atoms with van der Waals surface area (Å²) < 4.78 is 0. The van der Waals surface area contributed by atoms with Crippen molar-refractivity contribution in [3.05, 3.63) is 30.1 Å². The van der Waals surface area contributed by atoms with E-state index in [1.54, 1.807) is 0 Å². The molecule has 3 rings (SSSR count). The van der Waals surface area contributed by atoms with E-state index in [0.29, 0.717) is 12.6 Å². The molecular weight excluding hydrogens is 286 g/mol. The minimum atomic E-state index is 0.295. The van der Waals surface area contributed by atoms with Crippen LogP contribution in [0.15, 0.2) is 24.4 Å². The van der Waals surface area contributed by atoms with Crippen molar-refractivity contribution in [1.29, 1.82) is 0 Å². The number of pyridine rings is 1. The molecule has 1 aromatic rings. The SMILES string of the molecule is OCCC1CN(Cc2ccccn2)CCN1CC1CCCCC1. The van der Waals surface area contributed by atoms with Gasteiger partial charge in [0.15, 0.2) is 0 Å². The number of aliphatic hydroxyl groups is 1. The second-order valence-corrected chi connectivity index (χ2v) is 7.22. The molecule has 23 heavy (non-hydrogen) atoms. The molecule has 1 unspecified atom stereocenters. The number of aromatic nitrogens is 1. The van der Waals surface area contributed by atoms with Crippen LogP contribution in [0, 0.1) is 5.92 Å². The highest BCUT2D eigenvalue weighted by Crippen LogP contribution is 2.26. The van der Waals surface area contributed by atoms with Crippen LogP contribution in [0.2, 0.25) is 0 Å². The minimum absolute atomic E-state index is 0.295. The molecule has 0 aromatic carbocycles. The average molecular weight is 317 g/mol. The van der Waals surface area contributed by atoms with E-state index in [1.165, 1.54) is 38.6 Å². The van der Waals surface area contributed by atoms with Crippen molar-refractivity contribution >= 4 is 0 Å². The molecule has 1 aromatic heterocycles. The molecule has 1 atom stereocenters. The van der Waals surface area contributed by atoms with Crippen molar-refractivity contribution in [1.82, 2.24) is 14.8 Å². The molecule has 0 spiro atoms. The lowest BCUT2D eigenvalue weighted by Gasteiger charge is -2.43. The first-order valence-electron chi connectivity index (χ1n) is 9.32. The second-order valence-electron chi connectivity index (χ2n) is 7.22. The molecule has 2 aliphatic rings. The number of aliphatic hydroxyl groups excluding tert-OH is 1. The summed E-state index contributed by atoms with van der Waals surface area (Å²) in [5.41, 5.74) is 1.15. The summed E-state index contributed by atoms with van der Waals surface area (Å²) in [5.74, 6) is 0.882. The Morgan fingerprint density at radius 1 is 1.13 bits per heavy atom. The lowest BCUT2D eigenvalue weighted by atomic mass is 9.88. The minimum Gasteiger partial charge on any atom is -0.396 e. The highest BCUT2D eigenvalue weighted by atomic mass is 16.3. The van der Waals surface area contributed by atoms with Crippen molar-refractivity contribution in [2.24, 2.45) is 5.92 Å². The molecule has 1 aliphatic heterocycles. The van der Waals surface area contributed by atoms with Gasteiger partial charge in [-0.05, 0) is 37.3 Å². The van der Waals surface area contributed by atoms with Crippen LogP contribution in [-0.4, -0.2) is 58.7 Å². The smallest absolute Gasteiger partial charge is 0.0543 e. The standard InChI is InChI=1S/C19H31N3O/c23-13-9-19-16-21(15-18-8-4-5-10-20-18)11-12-22(19)14-17-6-2-1-3-7-17/h4-5,8,10,17,19,23H,1-3,6-7,9,11-16H2. The summed E-state index contributed by atoms with van der Waals surface area (Å²) in [6, 6.07) is 6.64. The molecule has 1 N–H and O–H groups in total. The fourth-order valence-corrected chi connectivity index (χ4v) is 4.19. The predicted octanol–water partition coefficient (Wildman–Crippen LogP) is 2.53. The zero-order valence-electron chi connectivity index (χ0n) is 14.2. The highest BCUT2D eigenvalue weighted by Gasteiger charge is 2.28. The summed E-state index contributed by atoms with van der Waals surface area (Å²) in [5, 5.41) is 9.46. The zero-order valence-corrected chi connectivity index (χ0v) is 14.2. The second kappa shape index (κ2) is 8.76. The maximum Gasteiger partial charge on any atom is 0.0543 e. The molecule has 0 radical (unpaired) electrons. The Balaban J connectivity index is 1.54.